The predicted molar refractivity (Wildman–Crippen MR) is 108 cm³/mol. The number of piperazine rings is 1. The van der Waals surface area contributed by atoms with E-state index in [1.165, 1.54) is 6.42 Å². The molecule has 0 bridgehead atoms. The van der Waals surface area contributed by atoms with Gasteiger partial charge in [0, 0.05) is 44.3 Å². The molecule has 1 saturated carbocycles. The molecular weight excluding hydrogens is 368 g/mol. The zero-order chi connectivity index (χ0) is 19.8. The first-order valence-corrected chi connectivity index (χ1v) is 10.1. The summed E-state index contributed by atoms with van der Waals surface area (Å²) in [5, 5.41) is 11.9. The van der Waals surface area contributed by atoms with Gasteiger partial charge in [-0.25, -0.2) is 9.97 Å². The molecule has 0 unspecified atom stereocenters. The van der Waals surface area contributed by atoms with Gasteiger partial charge in [-0.15, -0.1) is 10.2 Å². The lowest BCUT2D eigenvalue weighted by Gasteiger charge is -2.38. The second kappa shape index (κ2) is 7.40. The van der Waals surface area contributed by atoms with Crippen LogP contribution in [0.3, 0.4) is 0 Å². The Morgan fingerprint density at radius 1 is 1.14 bits per heavy atom. The molecule has 0 aromatic carbocycles. The smallest absolute Gasteiger partial charge is 0.252 e. The third-order valence-electron chi connectivity index (χ3n) is 5.91. The second-order valence-corrected chi connectivity index (χ2v) is 7.80. The average Bonchev–Trinajstić information content (AvgIpc) is 3.14. The molecule has 1 amide bonds. The van der Waals surface area contributed by atoms with Crippen molar-refractivity contribution in [2.75, 3.05) is 31.6 Å². The number of fused-ring (bicyclic) bond motifs is 1. The molecule has 0 radical (unpaired) electrons. The molecule has 3 aromatic rings. The van der Waals surface area contributed by atoms with Gasteiger partial charge in [-0.2, -0.15) is 0 Å². The molecule has 9 nitrogen and oxygen atoms in total. The van der Waals surface area contributed by atoms with Gasteiger partial charge in [0.1, 0.15) is 0 Å². The van der Waals surface area contributed by atoms with Crippen LogP contribution in [-0.2, 0) is 0 Å². The zero-order valence-corrected chi connectivity index (χ0v) is 16.4. The maximum Gasteiger partial charge on any atom is 0.252 e. The van der Waals surface area contributed by atoms with Crippen molar-refractivity contribution in [2.24, 2.45) is 0 Å². The molecule has 1 aliphatic carbocycles. The maximum absolute atomic E-state index is 12.6. The first-order valence-electron chi connectivity index (χ1n) is 10.1. The third kappa shape index (κ3) is 3.42. The van der Waals surface area contributed by atoms with E-state index in [1.807, 2.05) is 28.8 Å². The predicted octanol–water partition coefficient (Wildman–Crippen LogP) is 1.29. The summed E-state index contributed by atoms with van der Waals surface area (Å²) >= 11 is 0. The van der Waals surface area contributed by atoms with E-state index in [9.17, 15) is 4.79 Å². The lowest BCUT2D eigenvalue weighted by molar-refractivity contribution is 0.0916. The number of aromatic nitrogens is 5. The van der Waals surface area contributed by atoms with E-state index < -0.39 is 0 Å². The lowest BCUT2D eigenvalue weighted by Crippen LogP contribution is -2.48. The van der Waals surface area contributed by atoms with Crippen LogP contribution in [-0.4, -0.2) is 68.1 Å². The molecule has 0 spiro atoms. The van der Waals surface area contributed by atoms with Crippen LogP contribution in [0.5, 0.6) is 0 Å². The fourth-order valence-electron chi connectivity index (χ4n) is 3.88. The van der Waals surface area contributed by atoms with Crippen molar-refractivity contribution >= 4 is 17.5 Å². The number of rotatable bonds is 4. The number of nitrogens with zero attached hydrogens (tertiary/aromatic N) is 7. The molecule has 5 rings (SSSR count). The standard InChI is InChI=1S/C20H24N8O/c1-26-10-11-27(20-21-8-3-9-22-20)13-16(26)18-25-24-17-7-6-14(12-28(17)18)19(29)23-15-4-2-5-15/h3,6-9,12,15-16H,2,4-5,10-11,13H2,1H3,(H,23,29)/t16-/m1/s1. The Kier molecular flexibility index (Phi) is 4.59. The largest absolute Gasteiger partial charge is 0.349 e. The fourth-order valence-corrected chi connectivity index (χ4v) is 3.88. The quantitative estimate of drug-likeness (QED) is 0.715. The highest BCUT2D eigenvalue weighted by Gasteiger charge is 2.30. The van der Waals surface area contributed by atoms with Gasteiger partial charge in [-0.05, 0) is 44.5 Å². The minimum Gasteiger partial charge on any atom is -0.349 e. The number of anilines is 1. The monoisotopic (exact) mass is 392 g/mol. The Hall–Kier alpha value is -3.07. The van der Waals surface area contributed by atoms with Crippen LogP contribution in [0.1, 0.15) is 41.5 Å². The Bertz CT molecular complexity index is 1020. The Balaban J connectivity index is 1.43. The van der Waals surface area contributed by atoms with E-state index in [2.05, 4.69) is 42.3 Å². The van der Waals surface area contributed by atoms with Gasteiger partial charge in [-0.1, -0.05) is 0 Å². The van der Waals surface area contributed by atoms with Crippen LogP contribution >= 0.6 is 0 Å². The number of nitrogens with one attached hydrogen (secondary N) is 1. The van der Waals surface area contributed by atoms with Gasteiger partial charge < -0.3 is 10.2 Å². The minimum absolute atomic E-state index is 0.0208. The second-order valence-electron chi connectivity index (χ2n) is 7.80. The molecule has 4 heterocycles. The molecule has 9 heteroatoms. The Morgan fingerprint density at radius 3 is 2.72 bits per heavy atom. The van der Waals surface area contributed by atoms with Gasteiger partial charge in [0.15, 0.2) is 11.5 Å². The van der Waals surface area contributed by atoms with Crippen molar-refractivity contribution in [2.45, 2.75) is 31.3 Å². The van der Waals surface area contributed by atoms with Crippen molar-refractivity contribution in [3.05, 3.63) is 48.2 Å². The highest BCUT2D eigenvalue weighted by Crippen LogP contribution is 2.25. The summed E-state index contributed by atoms with van der Waals surface area (Å²) in [5.74, 6) is 1.51. The topological polar surface area (TPSA) is 91.6 Å². The van der Waals surface area contributed by atoms with Crippen molar-refractivity contribution in [1.82, 2.24) is 34.8 Å². The van der Waals surface area contributed by atoms with Gasteiger partial charge >= 0.3 is 0 Å². The zero-order valence-electron chi connectivity index (χ0n) is 16.4. The molecule has 1 saturated heterocycles. The third-order valence-corrected chi connectivity index (χ3v) is 5.91. The summed E-state index contributed by atoms with van der Waals surface area (Å²) in [6.45, 7) is 2.42. The van der Waals surface area contributed by atoms with E-state index in [0.717, 1.165) is 43.4 Å². The summed E-state index contributed by atoms with van der Waals surface area (Å²) in [4.78, 5) is 25.8. The van der Waals surface area contributed by atoms with Crippen LogP contribution in [0.2, 0.25) is 0 Å². The Morgan fingerprint density at radius 2 is 1.97 bits per heavy atom. The van der Waals surface area contributed by atoms with Crippen molar-refractivity contribution < 1.29 is 4.79 Å². The van der Waals surface area contributed by atoms with Crippen molar-refractivity contribution in [1.29, 1.82) is 0 Å². The van der Waals surface area contributed by atoms with Crippen LogP contribution in [0.4, 0.5) is 5.95 Å². The van der Waals surface area contributed by atoms with E-state index in [0.29, 0.717) is 18.2 Å². The summed E-state index contributed by atoms with van der Waals surface area (Å²) < 4.78 is 1.94. The maximum atomic E-state index is 12.6. The number of amides is 1. The molecule has 2 fully saturated rings. The number of hydrogen-bond donors (Lipinski definition) is 1. The summed E-state index contributed by atoms with van der Waals surface area (Å²) in [6, 6.07) is 5.82. The van der Waals surface area contributed by atoms with Gasteiger partial charge in [0.2, 0.25) is 5.95 Å². The normalized spacial score (nSPS) is 20.6. The van der Waals surface area contributed by atoms with Gasteiger partial charge in [-0.3, -0.25) is 14.1 Å². The SMILES string of the molecule is CN1CCN(c2ncccn2)C[C@@H]1c1nnc2ccc(C(=O)NC3CCC3)cn12. The summed E-state index contributed by atoms with van der Waals surface area (Å²) in [6.07, 6.45) is 8.69. The lowest BCUT2D eigenvalue weighted by atomic mass is 9.93. The van der Waals surface area contributed by atoms with E-state index in [-0.39, 0.29) is 11.9 Å². The van der Waals surface area contributed by atoms with Crippen molar-refractivity contribution in [3.8, 4) is 0 Å². The molecule has 29 heavy (non-hydrogen) atoms. The average molecular weight is 392 g/mol. The first kappa shape index (κ1) is 18.0. The summed E-state index contributed by atoms with van der Waals surface area (Å²) in [7, 11) is 2.09. The number of likely N-dealkylation sites (N-methyl/N-ethyl adjacent to an activating group) is 1. The van der Waals surface area contributed by atoms with E-state index in [4.69, 9.17) is 0 Å². The van der Waals surface area contributed by atoms with Crippen molar-refractivity contribution in [3.63, 3.8) is 0 Å². The highest BCUT2D eigenvalue weighted by molar-refractivity contribution is 5.94. The molecule has 2 aliphatic rings. The Labute approximate surface area is 168 Å². The highest BCUT2D eigenvalue weighted by atomic mass is 16.1. The van der Waals surface area contributed by atoms with Gasteiger partial charge in [0.25, 0.3) is 5.91 Å². The molecule has 150 valence electrons. The molecule has 1 N–H and O–H groups in total. The van der Waals surface area contributed by atoms with Gasteiger partial charge in [0.05, 0.1) is 11.6 Å². The number of carbonyl (C=O) groups is 1. The van der Waals surface area contributed by atoms with Crippen LogP contribution in [0.25, 0.3) is 5.65 Å². The molecule has 1 atom stereocenters. The number of hydrogen-bond acceptors (Lipinski definition) is 7. The van der Waals surface area contributed by atoms with E-state index in [1.54, 1.807) is 12.4 Å². The van der Waals surface area contributed by atoms with Crippen LogP contribution < -0.4 is 10.2 Å². The first-order chi connectivity index (χ1) is 14.2. The number of pyridine rings is 1. The molecule has 1 aliphatic heterocycles. The van der Waals surface area contributed by atoms with Crippen LogP contribution in [0.15, 0.2) is 36.8 Å². The summed E-state index contributed by atoms with van der Waals surface area (Å²) in [5.41, 5.74) is 1.37. The fraction of sp³-hybridized carbons (Fsp3) is 0.450. The number of carbonyl (C=O) groups excluding carboxylic acids is 1. The van der Waals surface area contributed by atoms with Crippen LogP contribution in [0, 0.1) is 0 Å². The molecule has 3 aromatic heterocycles. The minimum atomic E-state index is -0.0347. The van der Waals surface area contributed by atoms with E-state index >= 15 is 0 Å². The molecular formula is C20H24N8O.